The smallest absolute Gasteiger partial charge is 1.00 e. The molecule has 32 valence electrons. The quantitative estimate of drug-likeness (QED) is 0.329. The van der Waals surface area contributed by atoms with Crippen LogP contribution < -0.4 is 27.5 Å². The van der Waals surface area contributed by atoms with Crippen molar-refractivity contribution in [2.45, 2.75) is 0 Å². The number of hydrogen-bond donors (Lipinski definition) is 0. The van der Waals surface area contributed by atoms with Gasteiger partial charge in [-0.05, 0) is 0 Å². The first-order valence-corrected chi connectivity index (χ1v) is 0.707. The van der Waals surface area contributed by atoms with E-state index in [-0.39, 0.29) is 73.2 Å². The van der Waals surface area contributed by atoms with Crippen molar-refractivity contribution in [1.29, 1.82) is 0 Å². The Morgan fingerprint density at radius 1 is 1.00 bits per heavy atom. The summed E-state index contributed by atoms with van der Waals surface area (Å²) in [5, 5.41) is 25.2. The molecule has 0 aromatic heterocycles. The Morgan fingerprint density at radius 3 is 1.00 bits per heavy atom. The van der Waals surface area contributed by atoms with Crippen LogP contribution in [-0.4, -0.2) is 68.1 Å². The Morgan fingerprint density at radius 2 is 1.00 bits per heavy atom. The molecule has 0 spiro atoms. The standard InChI is InChI=1S/BO3.Ca.ClH.Mg/c2-1(3)4;;;/h;;1H;/q-3;+2;;+2/p-1. The van der Waals surface area contributed by atoms with Crippen LogP contribution in [0.2, 0.25) is 0 Å². The van der Waals surface area contributed by atoms with Gasteiger partial charge >= 0.3 is 60.8 Å². The third-order valence-electron chi connectivity index (χ3n) is 0. The Bertz CT molecular complexity index is 19.7. The minimum absolute atomic E-state index is 0. The first kappa shape index (κ1) is 22.8. The zero-order valence-electron chi connectivity index (χ0n) is 3.59. The molecule has 0 heterocycles. The van der Waals surface area contributed by atoms with Crippen molar-refractivity contribution in [3.05, 3.63) is 0 Å². The molecule has 0 amide bonds. The van der Waals surface area contributed by atoms with Gasteiger partial charge in [0.15, 0.2) is 0 Å². The molecule has 7 heavy (non-hydrogen) atoms. The van der Waals surface area contributed by atoms with Gasteiger partial charge in [-0.25, -0.2) is 0 Å². The Kier molecular flexibility index (Phi) is 51.3. The second kappa shape index (κ2) is 15.7. The fourth-order valence-corrected chi connectivity index (χ4v) is 0. The van der Waals surface area contributed by atoms with Gasteiger partial charge in [0.05, 0.1) is 0 Å². The summed E-state index contributed by atoms with van der Waals surface area (Å²) in [6.45, 7) is 0. The van der Waals surface area contributed by atoms with Crippen LogP contribution in [0.5, 0.6) is 0 Å². The van der Waals surface area contributed by atoms with E-state index in [9.17, 15) is 0 Å². The average Bonchev–Trinajstić information content (AvgIpc) is 0.811. The van der Waals surface area contributed by atoms with E-state index in [0.29, 0.717) is 0 Å². The van der Waals surface area contributed by atoms with Gasteiger partial charge in [0.1, 0.15) is 0 Å². The van der Waals surface area contributed by atoms with Crippen LogP contribution >= 0.6 is 0 Å². The topological polar surface area (TPSA) is 69.2 Å². The van der Waals surface area contributed by atoms with E-state index in [1.54, 1.807) is 0 Å². The molecule has 0 aromatic rings. The van der Waals surface area contributed by atoms with Crippen molar-refractivity contribution in [3.63, 3.8) is 0 Å². The summed E-state index contributed by atoms with van der Waals surface area (Å²) < 4.78 is 0. The Balaban J connectivity index is -0.0000000150. The van der Waals surface area contributed by atoms with E-state index < -0.39 is 7.32 Å². The van der Waals surface area contributed by atoms with Crippen LogP contribution in [0.25, 0.3) is 0 Å². The molecule has 0 rings (SSSR count). The summed E-state index contributed by atoms with van der Waals surface area (Å²) in [6, 6.07) is 0. The number of hydrogen-bond acceptors (Lipinski definition) is 3. The summed E-state index contributed by atoms with van der Waals surface area (Å²) in [5.74, 6) is 0. The second-order valence-corrected chi connectivity index (χ2v) is 0.289. The maximum Gasteiger partial charge on any atom is 2.00 e. The molecule has 0 radical (unpaired) electrons. The van der Waals surface area contributed by atoms with Gasteiger partial charge in [-0.2, -0.15) is 0 Å². The monoisotopic (exact) mass is 158 g/mol. The van der Waals surface area contributed by atoms with E-state index in [1.165, 1.54) is 0 Å². The van der Waals surface area contributed by atoms with Gasteiger partial charge in [-0.1, -0.05) is 0 Å². The van der Waals surface area contributed by atoms with Crippen LogP contribution in [0.3, 0.4) is 0 Å². The van der Waals surface area contributed by atoms with Crippen LogP contribution in [0, 0.1) is 0 Å². The molecule has 0 unspecified atom stereocenters. The number of rotatable bonds is 0. The molecule has 7 heteroatoms. The molecule has 3 nitrogen and oxygen atoms in total. The van der Waals surface area contributed by atoms with Crippen LogP contribution in [0.4, 0.5) is 0 Å². The fraction of sp³-hybridized carbons (Fsp3) is 0. The summed E-state index contributed by atoms with van der Waals surface area (Å²) in [7, 11) is -2.92. The normalized spacial score (nSPS) is 3.86. The first-order valence-electron chi connectivity index (χ1n) is 0.707. The number of halogens is 1. The zero-order valence-corrected chi connectivity index (χ0v) is 7.97. The summed E-state index contributed by atoms with van der Waals surface area (Å²) in [4.78, 5) is 0. The predicted octanol–water partition coefficient (Wildman–Crippen LogP) is -7.71. The van der Waals surface area contributed by atoms with E-state index in [1.807, 2.05) is 0 Å². The van der Waals surface area contributed by atoms with Crippen molar-refractivity contribution in [3.8, 4) is 0 Å². The van der Waals surface area contributed by atoms with Gasteiger partial charge in [0, 0.05) is 0 Å². The molecule has 0 aliphatic heterocycles. The van der Waals surface area contributed by atoms with E-state index in [4.69, 9.17) is 15.1 Å². The molecule has 0 saturated carbocycles. The minimum atomic E-state index is -2.92. The summed E-state index contributed by atoms with van der Waals surface area (Å²) >= 11 is 0. The second-order valence-electron chi connectivity index (χ2n) is 0.289. The van der Waals surface area contributed by atoms with E-state index in [2.05, 4.69) is 0 Å². The zero-order chi connectivity index (χ0) is 3.58. The molecule has 0 atom stereocenters. The third-order valence-corrected chi connectivity index (χ3v) is 0. The van der Waals surface area contributed by atoms with Crippen LogP contribution in [0.15, 0.2) is 0 Å². The van der Waals surface area contributed by atoms with Gasteiger partial charge in [0.25, 0.3) is 0 Å². The Hall–Kier alpha value is 2.26. The van der Waals surface area contributed by atoms with Crippen molar-refractivity contribution < 1.29 is 27.5 Å². The largest absolute Gasteiger partial charge is 2.00 e. The molecule has 0 fully saturated rings. The summed E-state index contributed by atoms with van der Waals surface area (Å²) in [5.41, 5.74) is 0. The first-order chi connectivity index (χ1) is 1.73. The van der Waals surface area contributed by atoms with Gasteiger partial charge in [0.2, 0.25) is 0 Å². The van der Waals surface area contributed by atoms with E-state index >= 15 is 0 Å². The molecular formula is BCaClMgO3. The van der Waals surface area contributed by atoms with Crippen molar-refractivity contribution in [2.24, 2.45) is 0 Å². The molecule has 0 saturated heterocycles. The average molecular weight is 159 g/mol. The molecule has 0 N–H and O–H groups in total. The molecule has 0 aliphatic rings. The minimum Gasteiger partial charge on any atom is -1.00 e. The Labute approximate surface area is 94.2 Å². The van der Waals surface area contributed by atoms with Crippen LogP contribution in [-0.2, 0) is 0 Å². The predicted molar refractivity (Wildman–Crippen MR) is 17.3 cm³/mol. The maximum atomic E-state index is 8.42. The summed E-state index contributed by atoms with van der Waals surface area (Å²) in [6.07, 6.45) is 0. The van der Waals surface area contributed by atoms with E-state index in [0.717, 1.165) is 0 Å². The molecule has 0 aliphatic carbocycles. The van der Waals surface area contributed by atoms with Gasteiger partial charge in [-0.3, -0.25) is 7.32 Å². The van der Waals surface area contributed by atoms with Gasteiger partial charge in [-0.15, -0.1) is 0 Å². The SMILES string of the molecule is [Ca+2].[Cl-].[Mg+2].[O-]B([O-])[O-]. The third kappa shape index (κ3) is 63.3. The van der Waals surface area contributed by atoms with Crippen LogP contribution in [0.1, 0.15) is 0 Å². The van der Waals surface area contributed by atoms with Crippen molar-refractivity contribution in [1.82, 2.24) is 0 Å². The van der Waals surface area contributed by atoms with Crippen molar-refractivity contribution in [2.75, 3.05) is 0 Å². The van der Waals surface area contributed by atoms with Gasteiger partial charge < -0.3 is 27.5 Å². The van der Waals surface area contributed by atoms with Crippen molar-refractivity contribution >= 4 is 68.1 Å². The maximum absolute atomic E-state index is 8.42. The molecule has 0 bridgehead atoms. The molecular weight excluding hydrogens is 159 g/mol. The fourth-order valence-electron chi connectivity index (χ4n) is 0. The molecule has 0 aromatic carbocycles.